The molecule has 1 aromatic rings. The first-order chi connectivity index (χ1) is 10.1. The maximum atomic E-state index is 13.7. The van der Waals surface area contributed by atoms with E-state index >= 15 is 0 Å². The number of carbonyl (C=O) groups excluding carboxylic acids is 1. The lowest BCUT2D eigenvalue weighted by Crippen LogP contribution is -2.44. The number of nitrogens with two attached hydrogens (primary N) is 2. The number of aliphatic imine (C=N–C) groups is 1. The Bertz CT molecular complexity index is 698. The van der Waals surface area contributed by atoms with Gasteiger partial charge >= 0.3 is 5.37 Å². The highest BCUT2D eigenvalue weighted by Crippen LogP contribution is 2.32. The van der Waals surface area contributed by atoms with Gasteiger partial charge < -0.3 is 16.4 Å². The Morgan fingerprint density at radius 3 is 2.68 bits per heavy atom. The zero-order valence-corrected chi connectivity index (χ0v) is 13.3. The van der Waals surface area contributed by atoms with E-state index in [4.69, 9.17) is 23.1 Å². The van der Waals surface area contributed by atoms with Crippen LogP contribution < -0.4 is 11.5 Å². The summed E-state index contributed by atoms with van der Waals surface area (Å²) in [5.41, 5.74) is 12.6. The lowest BCUT2D eigenvalue weighted by Gasteiger charge is -2.30. The van der Waals surface area contributed by atoms with Crippen molar-refractivity contribution in [1.29, 1.82) is 0 Å². The van der Waals surface area contributed by atoms with Crippen molar-refractivity contribution in [2.24, 2.45) is 16.5 Å². The molecule has 22 heavy (non-hydrogen) atoms. The molecular formula is C14H17ClFN5O. The van der Waals surface area contributed by atoms with Gasteiger partial charge in [0.05, 0.1) is 12.1 Å². The number of nitrogens with zero attached hydrogens (tertiary/aromatic N) is 3. The summed E-state index contributed by atoms with van der Waals surface area (Å²) in [5, 5.41) is -0.643. The average Bonchev–Trinajstić information content (AvgIpc) is 2.65. The molecule has 8 heteroatoms. The number of rotatable bonds is 2. The molecule has 4 N–H and O–H groups in total. The molecule has 0 bridgehead atoms. The van der Waals surface area contributed by atoms with Crippen LogP contribution in [0.5, 0.6) is 0 Å². The second kappa shape index (κ2) is 5.57. The van der Waals surface area contributed by atoms with E-state index in [1.807, 2.05) is 0 Å². The molecule has 1 amide bonds. The molecule has 0 fully saturated rings. The van der Waals surface area contributed by atoms with Gasteiger partial charge in [-0.15, -0.1) is 0 Å². The Balaban J connectivity index is 2.43. The lowest BCUT2D eigenvalue weighted by atomic mass is 10.0. The molecule has 2 heterocycles. The Morgan fingerprint density at radius 2 is 2.14 bits per heavy atom. The quantitative estimate of drug-likeness (QED) is 0.377. The molecule has 1 aromatic heterocycles. The van der Waals surface area contributed by atoms with Crippen LogP contribution in [-0.4, -0.2) is 33.2 Å². The fourth-order valence-electron chi connectivity index (χ4n) is 2.24. The third kappa shape index (κ3) is 2.76. The minimum absolute atomic E-state index is 0.0167. The smallest absolute Gasteiger partial charge is 0.317 e. The van der Waals surface area contributed by atoms with Gasteiger partial charge in [0.25, 0.3) is 0 Å². The number of hydrogen-bond acceptors (Lipinski definition) is 4. The van der Waals surface area contributed by atoms with Gasteiger partial charge in [0.2, 0.25) is 0 Å². The fraction of sp³-hybridized carbons (Fsp3) is 0.357. The number of carbonyl (C=O) groups is 1. The number of halogens is 2. The first-order valence-corrected chi connectivity index (χ1v) is 6.96. The molecule has 1 aliphatic rings. The van der Waals surface area contributed by atoms with Crippen LogP contribution in [0, 0.1) is 12.7 Å². The number of amidine groups is 1. The summed E-state index contributed by atoms with van der Waals surface area (Å²) in [5.74, 6) is -0.690. The van der Waals surface area contributed by atoms with Crippen molar-refractivity contribution in [2.75, 3.05) is 6.54 Å². The molecule has 0 aromatic carbocycles. The first kappa shape index (κ1) is 16.2. The van der Waals surface area contributed by atoms with Gasteiger partial charge in [0.15, 0.2) is 11.6 Å². The topological polar surface area (TPSA) is 97.6 Å². The summed E-state index contributed by atoms with van der Waals surface area (Å²) in [6.45, 7) is 5.32. The second-order valence-corrected chi connectivity index (χ2v) is 5.87. The fourth-order valence-corrected chi connectivity index (χ4v) is 2.51. The highest BCUT2D eigenvalue weighted by molar-refractivity contribution is 6.63. The van der Waals surface area contributed by atoms with Crippen molar-refractivity contribution in [1.82, 2.24) is 9.88 Å². The number of aryl methyl sites for hydroxylation is 1. The Kier molecular flexibility index (Phi) is 4.10. The standard InChI is InChI=1S/C14H17ClFN5O/c1-7-4-5-9(16)12(19-7)20-11(18)8-6-21(13(15)22)14(2,3)10(8)17/h4-5H,6,17H2,1-3H3,(H2,18,19,20). The second-order valence-electron chi connectivity index (χ2n) is 5.55. The summed E-state index contributed by atoms with van der Waals surface area (Å²) < 4.78 is 13.7. The molecule has 0 spiro atoms. The Hall–Kier alpha value is -2.15. The van der Waals surface area contributed by atoms with Crippen LogP contribution in [0.1, 0.15) is 19.5 Å². The molecule has 2 rings (SSSR count). The van der Waals surface area contributed by atoms with Gasteiger partial charge in [-0.3, -0.25) is 4.79 Å². The van der Waals surface area contributed by atoms with Crippen LogP contribution in [0.4, 0.5) is 15.0 Å². The third-order valence-corrected chi connectivity index (χ3v) is 3.89. The van der Waals surface area contributed by atoms with E-state index in [-0.39, 0.29) is 18.2 Å². The predicted octanol–water partition coefficient (Wildman–Crippen LogP) is 2.18. The van der Waals surface area contributed by atoms with Crippen molar-refractivity contribution >= 4 is 28.6 Å². The number of amides is 1. The van der Waals surface area contributed by atoms with Gasteiger partial charge in [-0.2, -0.15) is 0 Å². The van der Waals surface area contributed by atoms with Crippen LogP contribution >= 0.6 is 11.6 Å². The largest absolute Gasteiger partial charge is 0.400 e. The van der Waals surface area contributed by atoms with Gasteiger partial charge in [-0.05, 0) is 44.5 Å². The SMILES string of the molecule is Cc1ccc(F)c(/N=C(/N)C2=C(N)C(C)(C)N(C(=O)Cl)C2)n1. The van der Waals surface area contributed by atoms with Crippen molar-refractivity contribution in [3.63, 3.8) is 0 Å². The highest BCUT2D eigenvalue weighted by atomic mass is 35.5. The van der Waals surface area contributed by atoms with Crippen molar-refractivity contribution < 1.29 is 9.18 Å². The van der Waals surface area contributed by atoms with Crippen LogP contribution in [0.3, 0.4) is 0 Å². The summed E-state index contributed by atoms with van der Waals surface area (Å²) in [6.07, 6.45) is 0. The first-order valence-electron chi connectivity index (χ1n) is 6.58. The molecule has 6 nitrogen and oxygen atoms in total. The predicted molar refractivity (Wildman–Crippen MR) is 83.5 cm³/mol. The molecule has 0 radical (unpaired) electrons. The van der Waals surface area contributed by atoms with Crippen LogP contribution in [0.2, 0.25) is 0 Å². The summed E-state index contributed by atoms with van der Waals surface area (Å²) in [7, 11) is 0. The van der Waals surface area contributed by atoms with E-state index in [9.17, 15) is 9.18 Å². The molecule has 0 saturated carbocycles. The summed E-state index contributed by atoms with van der Waals surface area (Å²) in [4.78, 5) is 20.8. The van der Waals surface area contributed by atoms with E-state index in [0.29, 0.717) is 17.0 Å². The molecular weight excluding hydrogens is 309 g/mol. The Labute approximate surface area is 132 Å². The average molecular weight is 326 g/mol. The van der Waals surface area contributed by atoms with E-state index in [2.05, 4.69) is 9.98 Å². The Morgan fingerprint density at radius 1 is 1.50 bits per heavy atom. The van der Waals surface area contributed by atoms with Crippen LogP contribution in [0.15, 0.2) is 28.4 Å². The van der Waals surface area contributed by atoms with Crippen LogP contribution in [0.25, 0.3) is 0 Å². The van der Waals surface area contributed by atoms with E-state index in [1.165, 1.54) is 17.0 Å². The number of aromatic nitrogens is 1. The van der Waals surface area contributed by atoms with E-state index < -0.39 is 16.7 Å². The van der Waals surface area contributed by atoms with Gasteiger partial charge in [-0.1, -0.05) is 0 Å². The van der Waals surface area contributed by atoms with Crippen LogP contribution in [-0.2, 0) is 0 Å². The maximum absolute atomic E-state index is 13.7. The normalized spacial score (nSPS) is 18.0. The van der Waals surface area contributed by atoms with Crippen molar-refractivity contribution in [3.05, 3.63) is 34.9 Å². The molecule has 1 aliphatic heterocycles. The van der Waals surface area contributed by atoms with Gasteiger partial charge in [0.1, 0.15) is 5.84 Å². The van der Waals surface area contributed by atoms with Gasteiger partial charge in [-0.25, -0.2) is 14.4 Å². The molecule has 118 valence electrons. The molecule has 0 aliphatic carbocycles. The molecule has 0 saturated heterocycles. The molecule has 0 atom stereocenters. The zero-order valence-electron chi connectivity index (χ0n) is 12.5. The number of pyridine rings is 1. The molecule has 0 unspecified atom stereocenters. The number of hydrogen-bond donors (Lipinski definition) is 2. The van der Waals surface area contributed by atoms with Gasteiger partial charge in [0, 0.05) is 17.0 Å². The van der Waals surface area contributed by atoms with Crippen molar-refractivity contribution in [2.45, 2.75) is 26.3 Å². The maximum Gasteiger partial charge on any atom is 0.317 e. The minimum atomic E-state index is -0.785. The zero-order chi connectivity index (χ0) is 16.7. The monoisotopic (exact) mass is 325 g/mol. The summed E-state index contributed by atoms with van der Waals surface area (Å²) in [6, 6.07) is 2.80. The van der Waals surface area contributed by atoms with Crippen molar-refractivity contribution in [3.8, 4) is 0 Å². The van der Waals surface area contributed by atoms with E-state index in [0.717, 1.165) is 0 Å². The van der Waals surface area contributed by atoms with E-state index in [1.54, 1.807) is 20.8 Å². The minimum Gasteiger partial charge on any atom is -0.400 e. The highest BCUT2D eigenvalue weighted by Gasteiger charge is 2.41. The third-order valence-electron chi connectivity index (χ3n) is 3.69. The summed E-state index contributed by atoms with van der Waals surface area (Å²) >= 11 is 5.56. The lowest BCUT2D eigenvalue weighted by molar-refractivity contribution is 0.194.